The molecule has 0 aliphatic carbocycles. The third kappa shape index (κ3) is 3.76. The standard InChI is InChI=1S/C15H25B3FN3O8/c1-5(2)7(20)11(27)29-15(17,18)13(19)8(24)9(25)14(16,30-13)22-3-6(4-23)10(26)21-12(22)28/h3,5,7-9,23-25H,4,16-18,20H2,1-2H3,(H,21,26,28)/t7-,8-,9+,13-,14-/m0/s1. The number of H-pyrrole nitrogens is 1. The van der Waals surface area contributed by atoms with E-state index in [4.69, 9.17) is 15.2 Å². The molecule has 1 aliphatic heterocycles. The zero-order chi connectivity index (χ0) is 23.2. The van der Waals surface area contributed by atoms with E-state index in [1.165, 1.54) is 0 Å². The van der Waals surface area contributed by atoms with E-state index in [-0.39, 0.29) is 11.5 Å². The van der Waals surface area contributed by atoms with Gasteiger partial charge in [-0.1, -0.05) is 13.8 Å². The molecule has 0 saturated carbocycles. The number of nitrogens with two attached hydrogens (primary N) is 1. The second-order valence-electron chi connectivity index (χ2n) is 8.33. The first-order chi connectivity index (χ1) is 13.6. The number of aromatic nitrogens is 2. The van der Waals surface area contributed by atoms with Crippen LogP contribution in [0.4, 0.5) is 4.39 Å². The van der Waals surface area contributed by atoms with Crippen molar-refractivity contribution >= 4 is 29.5 Å². The summed E-state index contributed by atoms with van der Waals surface area (Å²) < 4.78 is 27.1. The van der Waals surface area contributed by atoms with E-state index in [0.29, 0.717) is 4.57 Å². The SMILES string of the molecule is BC(B)(OC(=O)[C@@H](N)C(C)C)[C@@]1(F)O[C@@](B)(n2cc(CO)c(=O)[nH]c2=O)[C@H](O)[C@@H]1O. The number of nitrogens with one attached hydrogen (secondary N) is 1. The zero-order valence-electron chi connectivity index (χ0n) is 17.4. The summed E-state index contributed by atoms with van der Waals surface area (Å²) in [4.78, 5) is 38.1. The topological polar surface area (TPSA) is 177 Å². The first-order valence-electron chi connectivity index (χ1n) is 9.32. The molecule has 0 radical (unpaired) electrons. The summed E-state index contributed by atoms with van der Waals surface area (Å²) in [5, 5.41) is 28.2. The smallest absolute Gasteiger partial charge is 0.330 e. The maximum absolute atomic E-state index is 15.9. The molecule has 0 amide bonds. The molecule has 1 aliphatic rings. The number of carbonyl (C=O) groups is 1. The van der Waals surface area contributed by atoms with Crippen LogP contribution in [0, 0.1) is 5.92 Å². The van der Waals surface area contributed by atoms with Crippen LogP contribution < -0.4 is 17.0 Å². The molecule has 0 aromatic carbocycles. The van der Waals surface area contributed by atoms with E-state index in [0.717, 1.165) is 29.7 Å². The van der Waals surface area contributed by atoms with E-state index in [1.807, 2.05) is 4.98 Å². The number of ether oxygens (including phenoxy) is 2. The fourth-order valence-corrected chi connectivity index (χ4v) is 3.20. The van der Waals surface area contributed by atoms with Crippen molar-refractivity contribution in [3.05, 3.63) is 32.6 Å². The Hall–Kier alpha value is -1.93. The highest BCUT2D eigenvalue weighted by Gasteiger charge is 2.69. The minimum absolute atomic E-state index is 0.258. The molecule has 0 unspecified atom stereocenters. The molecule has 15 heteroatoms. The minimum atomic E-state index is -3.16. The highest BCUT2D eigenvalue weighted by molar-refractivity contribution is 6.40. The monoisotopic (exact) mass is 427 g/mol. The number of aromatic amines is 1. The number of aliphatic hydroxyl groups is 3. The lowest BCUT2D eigenvalue weighted by Crippen LogP contribution is -2.62. The summed E-state index contributed by atoms with van der Waals surface area (Å²) in [5.41, 5.74) is 1.30. The molecule has 5 atom stereocenters. The van der Waals surface area contributed by atoms with E-state index in [1.54, 1.807) is 13.8 Å². The largest absolute Gasteiger partial charge is 0.471 e. The van der Waals surface area contributed by atoms with Gasteiger partial charge in [-0.2, -0.15) is 0 Å². The highest BCUT2D eigenvalue weighted by atomic mass is 19.2. The third-order valence-corrected chi connectivity index (χ3v) is 5.42. The Morgan fingerprint density at radius 3 is 2.50 bits per heavy atom. The maximum atomic E-state index is 15.9. The quantitative estimate of drug-likeness (QED) is 0.219. The van der Waals surface area contributed by atoms with Gasteiger partial charge in [0.25, 0.3) is 11.4 Å². The molecule has 2 rings (SSSR count). The minimum Gasteiger partial charge on any atom is -0.471 e. The molecule has 0 bridgehead atoms. The van der Waals surface area contributed by atoms with Gasteiger partial charge in [0.05, 0.1) is 12.2 Å². The average molecular weight is 427 g/mol. The summed E-state index contributed by atoms with van der Waals surface area (Å²) >= 11 is 0. The van der Waals surface area contributed by atoms with Crippen molar-refractivity contribution in [1.82, 2.24) is 9.55 Å². The number of hydrogen-bond donors (Lipinski definition) is 5. The van der Waals surface area contributed by atoms with Crippen LogP contribution in [0.5, 0.6) is 0 Å². The van der Waals surface area contributed by atoms with Crippen LogP contribution >= 0.6 is 0 Å². The molecular weight excluding hydrogens is 402 g/mol. The van der Waals surface area contributed by atoms with E-state index < -0.39 is 59.0 Å². The van der Waals surface area contributed by atoms with Crippen molar-refractivity contribution in [1.29, 1.82) is 0 Å². The van der Waals surface area contributed by atoms with Crippen molar-refractivity contribution in [3.63, 3.8) is 0 Å². The Bertz CT molecular complexity index is 940. The Morgan fingerprint density at radius 2 is 2.00 bits per heavy atom. The number of hydrogen-bond acceptors (Lipinski definition) is 9. The summed E-state index contributed by atoms with van der Waals surface area (Å²) in [6.07, 6.45) is -3.39. The molecule has 2 heterocycles. The Kier molecular flexibility index (Phi) is 6.46. The fourth-order valence-electron chi connectivity index (χ4n) is 3.20. The molecule has 6 N–H and O–H groups in total. The third-order valence-electron chi connectivity index (χ3n) is 5.42. The van der Waals surface area contributed by atoms with Crippen molar-refractivity contribution in [2.75, 3.05) is 0 Å². The van der Waals surface area contributed by atoms with Gasteiger partial charge >= 0.3 is 11.7 Å². The van der Waals surface area contributed by atoms with E-state index in [9.17, 15) is 29.7 Å². The zero-order valence-corrected chi connectivity index (χ0v) is 17.4. The number of alkyl halides is 1. The number of nitrogens with zero attached hydrogens (tertiary/aromatic N) is 1. The van der Waals surface area contributed by atoms with Gasteiger partial charge in [-0.05, 0) is 5.92 Å². The second-order valence-corrected chi connectivity index (χ2v) is 8.33. The molecule has 1 fully saturated rings. The first-order valence-corrected chi connectivity index (χ1v) is 9.32. The molecule has 1 saturated heterocycles. The van der Waals surface area contributed by atoms with Crippen LogP contribution in [0.2, 0.25) is 0 Å². The lowest BCUT2D eigenvalue weighted by atomic mass is 9.59. The molecule has 30 heavy (non-hydrogen) atoms. The fraction of sp³-hybridized carbons (Fsp3) is 0.667. The van der Waals surface area contributed by atoms with Gasteiger partial charge in [-0.3, -0.25) is 19.1 Å². The number of carbonyl (C=O) groups excluding carboxylic acids is 1. The summed E-state index contributed by atoms with van der Waals surface area (Å²) in [6.45, 7) is 2.57. The van der Waals surface area contributed by atoms with Crippen molar-refractivity contribution in [2.45, 2.75) is 55.6 Å². The average Bonchev–Trinajstić information content (AvgIpc) is 2.82. The maximum Gasteiger partial charge on any atom is 0.330 e. The lowest BCUT2D eigenvalue weighted by molar-refractivity contribution is -0.250. The second kappa shape index (κ2) is 7.96. The molecule has 11 nitrogen and oxygen atoms in total. The van der Waals surface area contributed by atoms with Crippen molar-refractivity contribution < 1.29 is 34.0 Å². The lowest BCUT2D eigenvalue weighted by Gasteiger charge is -2.40. The summed E-state index contributed by atoms with van der Waals surface area (Å²) in [5.74, 6) is -4.43. The van der Waals surface area contributed by atoms with Crippen LogP contribution in [0.1, 0.15) is 19.4 Å². The van der Waals surface area contributed by atoms with Crippen molar-refractivity contribution in [2.24, 2.45) is 11.7 Å². The number of aliphatic hydroxyl groups excluding tert-OH is 3. The van der Waals surface area contributed by atoms with Gasteiger partial charge in [0.2, 0.25) is 0 Å². The Morgan fingerprint density at radius 1 is 1.43 bits per heavy atom. The first kappa shape index (κ1) is 24.3. The predicted octanol–water partition coefficient (Wildman–Crippen LogP) is -5.86. The Labute approximate surface area is 173 Å². The normalized spacial score (nSPS) is 30.4. The van der Waals surface area contributed by atoms with Gasteiger partial charge in [-0.25, -0.2) is 9.18 Å². The van der Waals surface area contributed by atoms with E-state index in [2.05, 4.69) is 0 Å². The summed E-state index contributed by atoms with van der Waals surface area (Å²) in [6, 6.07) is -1.07. The van der Waals surface area contributed by atoms with Crippen LogP contribution in [0.3, 0.4) is 0 Å². The predicted molar refractivity (Wildman–Crippen MR) is 109 cm³/mol. The molecule has 0 spiro atoms. The van der Waals surface area contributed by atoms with Gasteiger partial charge in [0.1, 0.15) is 29.3 Å². The molecular formula is C15H25B3FN3O8. The van der Waals surface area contributed by atoms with Crippen LogP contribution in [0.25, 0.3) is 0 Å². The number of rotatable bonds is 6. The van der Waals surface area contributed by atoms with Gasteiger partial charge < -0.3 is 30.5 Å². The van der Waals surface area contributed by atoms with Crippen molar-refractivity contribution in [3.8, 4) is 0 Å². The molecule has 1 aromatic rings. The highest BCUT2D eigenvalue weighted by Crippen LogP contribution is 2.45. The van der Waals surface area contributed by atoms with Crippen LogP contribution in [-0.4, -0.2) is 83.9 Å². The molecule has 1 aromatic heterocycles. The summed E-state index contributed by atoms with van der Waals surface area (Å²) in [7, 11) is 3.34. The van der Waals surface area contributed by atoms with Gasteiger partial charge in [0.15, 0.2) is 23.5 Å². The Balaban J connectivity index is 2.50. The van der Waals surface area contributed by atoms with Crippen LogP contribution in [-0.2, 0) is 26.5 Å². The number of esters is 1. The van der Waals surface area contributed by atoms with Crippen LogP contribution in [0.15, 0.2) is 15.8 Å². The number of halogens is 1. The van der Waals surface area contributed by atoms with Gasteiger partial charge in [0, 0.05) is 6.20 Å². The molecule has 164 valence electrons. The van der Waals surface area contributed by atoms with E-state index >= 15 is 4.39 Å². The van der Waals surface area contributed by atoms with Gasteiger partial charge in [-0.15, -0.1) is 0 Å².